The number of nitrogens with zero attached hydrogens (tertiary/aromatic N) is 1. The van der Waals surface area contributed by atoms with Crippen LogP contribution in [0.25, 0.3) is 0 Å². The summed E-state index contributed by atoms with van der Waals surface area (Å²) < 4.78 is 5.95. The summed E-state index contributed by atoms with van der Waals surface area (Å²) in [6.45, 7) is 1.94. The maximum Gasteiger partial charge on any atom is 0.305 e. The summed E-state index contributed by atoms with van der Waals surface area (Å²) in [5.74, 6) is 2.63. The molecule has 1 spiro atoms. The maximum absolute atomic E-state index is 12.6. The number of aryl methyl sites for hydroxylation is 1. The summed E-state index contributed by atoms with van der Waals surface area (Å²) in [6.07, 6.45) is 6.08. The van der Waals surface area contributed by atoms with E-state index in [4.69, 9.17) is 4.42 Å². The van der Waals surface area contributed by atoms with Crippen molar-refractivity contribution in [3.8, 4) is 0 Å². The number of aromatic nitrogens is 1. The molecule has 0 saturated carbocycles. The van der Waals surface area contributed by atoms with Gasteiger partial charge in [0.15, 0.2) is 5.76 Å². The molecule has 2 aromatic heterocycles. The Morgan fingerprint density at radius 3 is 2.58 bits per heavy atom. The number of hydrazine groups is 1. The Bertz CT molecular complexity index is 845. The van der Waals surface area contributed by atoms with Crippen LogP contribution < -0.4 is 10.9 Å². The Kier molecular flexibility index (Phi) is 4.71. The first kappa shape index (κ1) is 17.5. The van der Waals surface area contributed by atoms with E-state index in [1.165, 1.54) is 18.0 Å². The van der Waals surface area contributed by atoms with E-state index in [1.54, 1.807) is 12.1 Å². The van der Waals surface area contributed by atoms with Gasteiger partial charge in [-0.15, -0.1) is 23.5 Å². The lowest BCUT2D eigenvalue weighted by molar-refractivity contribution is 0.0829. The first-order valence-electron chi connectivity index (χ1n) is 8.52. The minimum atomic E-state index is -0.428. The lowest BCUT2D eigenvalue weighted by Gasteiger charge is -2.31. The van der Waals surface area contributed by atoms with Crippen LogP contribution in [0.2, 0.25) is 0 Å². The predicted molar refractivity (Wildman–Crippen MR) is 102 cm³/mol. The fraction of sp³-hybridized carbons (Fsp3) is 0.389. The molecule has 1 fully saturated rings. The molecule has 4 rings (SSSR count). The Morgan fingerprint density at radius 2 is 1.85 bits per heavy atom. The second kappa shape index (κ2) is 7.00. The number of furan rings is 1. The summed E-state index contributed by atoms with van der Waals surface area (Å²) in [5, 5.41) is 0. The third-order valence-corrected chi connectivity index (χ3v) is 8.23. The highest BCUT2D eigenvalue weighted by Crippen LogP contribution is 2.59. The van der Waals surface area contributed by atoms with Crippen molar-refractivity contribution >= 4 is 35.3 Å². The predicted octanol–water partition coefficient (Wildman–Crippen LogP) is 3.03. The zero-order chi connectivity index (χ0) is 18.1. The summed E-state index contributed by atoms with van der Waals surface area (Å²) >= 11 is 3.92. The van der Waals surface area contributed by atoms with Crippen LogP contribution in [-0.2, 0) is 10.5 Å². The van der Waals surface area contributed by atoms with Crippen LogP contribution in [0.1, 0.15) is 50.6 Å². The van der Waals surface area contributed by atoms with Gasteiger partial charge in [0.1, 0.15) is 5.76 Å². The molecule has 0 bridgehead atoms. The Labute approximate surface area is 159 Å². The highest BCUT2D eigenvalue weighted by molar-refractivity contribution is 8.20. The molecule has 0 unspecified atom stereocenters. The molecule has 3 heterocycles. The monoisotopic (exact) mass is 389 g/mol. The number of carbonyl (C=O) groups excluding carboxylic acids is 2. The second-order valence-electron chi connectivity index (χ2n) is 6.30. The van der Waals surface area contributed by atoms with Crippen molar-refractivity contribution in [2.45, 2.75) is 30.3 Å². The van der Waals surface area contributed by atoms with E-state index >= 15 is 0 Å². The molecule has 0 aromatic carbocycles. The normalized spacial score (nSPS) is 17.7. The van der Waals surface area contributed by atoms with E-state index in [1.807, 2.05) is 30.4 Å². The molecule has 2 aromatic rings. The van der Waals surface area contributed by atoms with E-state index in [-0.39, 0.29) is 4.08 Å². The van der Waals surface area contributed by atoms with Crippen molar-refractivity contribution < 1.29 is 14.0 Å². The summed E-state index contributed by atoms with van der Waals surface area (Å²) in [7, 11) is 0. The summed E-state index contributed by atoms with van der Waals surface area (Å²) in [5.41, 5.74) is 7.38. The third kappa shape index (κ3) is 3.01. The molecule has 26 heavy (non-hydrogen) atoms. The maximum atomic E-state index is 12.6. The average Bonchev–Trinajstić information content (AvgIpc) is 3.26. The summed E-state index contributed by atoms with van der Waals surface area (Å²) in [6, 6.07) is 3.16. The van der Waals surface area contributed by atoms with Gasteiger partial charge >= 0.3 is 5.91 Å². The average molecular weight is 390 g/mol. The molecule has 2 aliphatic rings. The smallest absolute Gasteiger partial charge is 0.305 e. The number of carbonyl (C=O) groups is 2. The van der Waals surface area contributed by atoms with Crippen molar-refractivity contribution in [3.05, 3.63) is 52.7 Å². The number of nitrogens with one attached hydrogen (secondary N) is 2. The lowest BCUT2D eigenvalue weighted by atomic mass is 9.94. The van der Waals surface area contributed by atoms with Crippen molar-refractivity contribution in [1.29, 1.82) is 0 Å². The fourth-order valence-electron chi connectivity index (χ4n) is 3.56. The van der Waals surface area contributed by atoms with Crippen LogP contribution in [0.15, 0.2) is 28.9 Å². The Balaban J connectivity index is 1.52. The van der Waals surface area contributed by atoms with Crippen molar-refractivity contribution in [3.63, 3.8) is 0 Å². The zero-order valence-corrected chi connectivity index (χ0v) is 16.0. The molecule has 1 aliphatic carbocycles. The van der Waals surface area contributed by atoms with Crippen LogP contribution in [0.5, 0.6) is 0 Å². The van der Waals surface area contributed by atoms with Crippen molar-refractivity contribution in [2.75, 3.05) is 11.5 Å². The minimum absolute atomic E-state index is 0.0278. The van der Waals surface area contributed by atoms with Crippen molar-refractivity contribution in [2.24, 2.45) is 0 Å². The molecule has 0 radical (unpaired) electrons. The van der Waals surface area contributed by atoms with Gasteiger partial charge < -0.3 is 4.42 Å². The number of hydrogen-bond acceptors (Lipinski definition) is 6. The molecule has 0 atom stereocenters. The molecule has 6 nitrogen and oxygen atoms in total. The molecule has 2 amide bonds. The standard InChI is InChI=1S/C18H19N3O3S2/c1-11-14-13(3-2-6-18(14)25-9-10-26-18)24-15(11)17(23)21-20-16(22)12-4-7-19-8-5-12/h4-5,7-8H,2-3,6,9-10H2,1H3,(H,20,22)(H,21,23). The third-order valence-electron chi connectivity index (χ3n) is 4.70. The van der Waals surface area contributed by atoms with E-state index in [0.717, 1.165) is 42.1 Å². The summed E-state index contributed by atoms with van der Waals surface area (Å²) in [4.78, 5) is 28.5. The largest absolute Gasteiger partial charge is 0.455 e. The van der Waals surface area contributed by atoms with E-state index in [2.05, 4.69) is 15.8 Å². The van der Waals surface area contributed by atoms with Gasteiger partial charge in [-0.3, -0.25) is 25.4 Å². The first-order chi connectivity index (χ1) is 12.6. The highest BCUT2D eigenvalue weighted by atomic mass is 32.2. The number of amides is 2. The van der Waals surface area contributed by atoms with Crippen LogP contribution in [0.3, 0.4) is 0 Å². The zero-order valence-electron chi connectivity index (χ0n) is 14.3. The van der Waals surface area contributed by atoms with E-state index in [0.29, 0.717) is 11.3 Å². The molecular weight excluding hydrogens is 370 g/mol. The number of hydrogen-bond donors (Lipinski definition) is 2. The van der Waals surface area contributed by atoms with Gasteiger partial charge in [-0.25, -0.2) is 0 Å². The molecule has 8 heteroatoms. The van der Waals surface area contributed by atoms with Crippen LogP contribution in [-0.4, -0.2) is 28.3 Å². The highest BCUT2D eigenvalue weighted by Gasteiger charge is 2.45. The number of pyridine rings is 1. The number of rotatable bonds is 2. The topological polar surface area (TPSA) is 84.2 Å². The van der Waals surface area contributed by atoms with Gasteiger partial charge in [0, 0.05) is 47.0 Å². The van der Waals surface area contributed by atoms with Crippen LogP contribution in [0, 0.1) is 6.92 Å². The second-order valence-corrected chi connectivity index (χ2v) is 9.35. The molecule has 2 N–H and O–H groups in total. The first-order valence-corrected chi connectivity index (χ1v) is 10.5. The van der Waals surface area contributed by atoms with E-state index in [9.17, 15) is 9.59 Å². The van der Waals surface area contributed by atoms with E-state index < -0.39 is 11.8 Å². The van der Waals surface area contributed by atoms with Gasteiger partial charge in [-0.1, -0.05) is 0 Å². The number of thioether (sulfide) groups is 2. The molecule has 1 aliphatic heterocycles. The lowest BCUT2D eigenvalue weighted by Crippen LogP contribution is -2.41. The SMILES string of the molecule is Cc1c(C(=O)NNC(=O)c2ccncc2)oc2c1C1(CCC2)SCCS1. The van der Waals surface area contributed by atoms with Crippen LogP contribution in [0.4, 0.5) is 0 Å². The molecule has 136 valence electrons. The quantitative estimate of drug-likeness (QED) is 0.768. The van der Waals surface area contributed by atoms with Gasteiger partial charge in [0.25, 0.3) is 5.91 Å². The van der Waals surface area contributed by atoms with Crippen LogP contribution >= 0.6 is 23.5 Å². The van der Waals surface area contributed by atoms with Gasteiger partial charge in [-0.05, 0) is 31.9 Å². The minimum Gasteiger partial charge on any atom is -0.455 e. The Morgan fingerprint density at radius 1 is 1.15 bits per heavy atom. The van der Waals surface area contributed by atoms with Gasteiger partial charge in [-0.2, -0.15) is 0 Å². The van der Waals surface area contributed by atoms with Crippen molar-refractivity contribution in [1.82, 2.24) is 15.8 Å². The molecular formula is C18H19N3O3S2. The van der Waals surface area contributed by atoms with Gasteiger partial charge in [0.05, 0.1) is 4.08 Å². The molecule has 1 saturated heterocycles. The number of fused-ring (bicyclic) bond motifs is 2. The van der Waals surface area contributed by atoms with Gasteiger partial charge in [0.2, 0.25) is 0 Å². The fourth-order valence-corrected chi connectivity index (χ4v) is 7.12. The Hall–Kier alpha value is -1.93.